The number of hydrogen-bond acceptors (Lipinski definition) is 4. The molecule has 20 heavy (non-hydrogen) atoms. The van der Waals surface area contributed by atoms with Gasteiger partial charge in [-0.25, -0.2) is 0 Å². The van der Waals surface area contributed by atoms with Crippen LogP contribution in [0.1, 0.15) is 36.0 Å². The Labute approximate surface area is 119 Å². The summed E-state index contributed by atoms with van der Waals surface area (Å²) in [6.45, 7) is 0. The second kappa shape index (κ2) is 6.13. The van der Waals surface area contributed by atoms with Gasteiger partial charge in [0.15, 0.2) is 0 Å². The van der Waals surface area contributed by atoms with E-state index in [4.69, 9.17) is 10.5 Å². The Kier molecular flexibility index (Phi) is 4.49. The Morgan fingerprint density at radius 3 is 2.75 bits per heavy atom. The number of benzene rings is 1. The van der Waals surface area contributed by atoms with E-state index in [9.17, 15) is 9.90 Å². The van der Waals surface area contributed by atoms with Crippen LogP contribution in [0.15, 0.2) is 18.2 Å². The summed E-state index contributed by atoms with van der Waals surface area (Å²) in [6, 6.07) is 5.02. The summed E-state index contributed by atoms with van der Waals surface area (Å²) >= 11 is 0. The zero-order chi connectivity index (χ0) is 14.7. The number of para-hydroxylation sites is 1. The third-order valence-corrected chi connectivity index (χ3v) is 4.03. The molecule has 2 atom stereocenters. The number of hydrogen-bond donors (Lipinski definition) is 2. The van der Waals surface area contributed by atoms with Crippen molar-refractivity contribution in [3.8, 4) is 5.75 Å². The van der Waals surface area contributed by atoms with Crippen LogP contribution in [-0.2, 0) is 0 Å². The van der Waals surface area contributed by atoms with Crippen LogP contribution in [0, 0.1) is 0 Å². The summed E-state index contributed by atoms with van der Waals surface area (Å²) in [5, 5.41) is 10.1. The number of aliphatic hydroxyl groups excluding tert-OH is 1. The zero-order valence-electron chi connectivity index (χ0n) is 12.0. The van der Waals surface area contributed by atoms with Gasteiger partial charge >= 0.3 is 0 Å². The van der Waals surface area contributed by atoms with Crippen molar-refractivity contribution >= 4 is 11.6 Å². The van der Waals surface area contributed by atoms with Crippen molar-refractivity contribution in [2.24, 2.45) is 0 Å². The Morgan fingerprint density at radius 2 is 2.10 bits per heavy atom. The molecular formula is C15H22N2O3. The molecule has 1 aliphatic rings. The highest BCUT2D eigenvalue weighted by atomic mass is 16.5. The quantitative estimate of drug-likeness (QED) is 0.824. The predicted octanol–water partition coefficient (Wildman–Crippen LogP) is 1.65. The summed E-state index contributed by atoms with van der Waals surface area (Å²) in [7, 11) is 3.25. The van der Waals surface area contributed by atoms with Crippen molar-refractivity contribution in [3.63, 3.8) is 0 Å². The number of likely N-dealkylation sites (N-methyl/N-ethyl adjacent to an activating group) is 1. The monoisotopic (exact) mass is 278 g/mol. The molecule has 1 fully saturated rings. The summed E-state index contributed by atoms with van der Waals surface area (Å²) in [6.07, 6.45) is 3.17. The molecule has 1 aromatic rings. The minimum absolute atomic E-state index is 0.137. The van der Waals surface area contributed by atoms with E-state index in [0.717, 1.165) is 25.7 Å². The third-order valence-electron chi connectivity index (χ3n) is 4.03. The van der Waals surface area contributed by atoms with Crippen LogP contribution >= 0.6 is 0 Å². The zero-order valence-corrected chi connectivity index (χ0v) is 12.0. The minimum Gasteiger partial charge on any atom is -0.495 e. The molecule has 0 aromatic heterocycles. The van der Waals surface area contributed by atoms with E-state index in [2.05, 4.69) is 0 Å². The molecule has 1 aliphatic carbocycles. The number of nitrogen functional groups attached to an aromatic ring is 1. The highest BCUT2D eigenvalue weighted by Crippen LogP contribution is 2.28. The van der Waals surface area contributed by atoms with Gasteiger partial charge in [0.2, 0.25) is 0 Å². The van der Waals surface area contributed by atoms with E-state index in [-0.39, 0.29) is 11.9 Å². The first kappa shape index (κ1) is 14.7. The van der Waals surface area contributed by atoms with Gasteiger partial charge in [0.05, 0.1) is 30.5 Å². The standard InChI is InChI=1S/C15H22N2O3/c1-17(11-7-3-4-8-12(11)18)15(19)10-6-5-9-13(20-2)14(10)16/h5-6,9,11-12,18H,3-4,7-8,16H2,1-2H3. The maximum Gasteiger partial charge on any atom is 0.256 e. The minimum atomic E-state index is -0.454. The molecule has 110 valence electrons. The molecule has 0 heterocycles. The van der Waals surface area contributed by atoms with E-state index in [0.29, 0.717) is 17.0 Å². The number of methoxy groups -OCH3 is 1. The molecule has 1 saturated carbocycles. The smallest absolute Gasteiger partial charge is 0.256 e. The highest BCUT2D eigenvalue weighted by molar-refractivity contribution is 6.00. The maximum absolute atomic E-state index is 12.6. The lowest BCUT2D eigenvalue weighted by atomic mass is 9.91. The van der Waals surface area contributed by atoms with Gasteiger partial charge in [0.25, 0.3) is 5.91 Å². The van der Waals surface area contributed by atoms with Crippen molar-refractivity contribution in [2.75, 3.05) is 19.9 Å². The fraction of sp³-hybridized carbons (Fsp3) is 0.533. The van der Waals surface area contributed by atoms with Crippen molar-refractivity contribution in [1.29, 1.82) is 0 Å². The lowest BCUT2D eigenvalue weighted by Gasteiger charge is -2.35. The number of aliphatic hydroxyl groups is 1. The summed E-state index contributed by atoms with van der Waals surface area (Å²) in [4.78, 5) is 14.2. The van der Waals surface area contributed by atoms with Crippen LogP contribution in [0.25, 0.3) is 0 Å². The topological polar surface area (TPSA) is 75.8 Å². The molecule has 5 nitrogen and oxygen atoms in total. The first-order valence-corrected chi connectivity index (χ1v) is 6.94. The molecule has 0 bridgehead atoms. The Hall–Kier alpha value is -1.75. The van der Waals surface area contributed by atoms with Gasteiger partial charge in [-0.05, 0) is 25.0 Å². The van der Waals surface area contributed by atoms with Crippen molar-refractivity contribution in [2.45, 2.75) is 37.8 Å². The van der Waals surface area contributed by atoms with Crippen LogP contribution in [0.4, 0.5) is 5.69 Å². The molecule has 1 aromatic carbocycles. The number of rotatable bonds is 3. The molecule has 2 unspecified atom stereocenters. The molecule has 0 spiro atoms. The number of nitrogens with two attached hydrogens (primary N) is 1. The Morgan fingerprint density at radius 1 is 1.40 bits per heavy atom. The first-order chi connectivity index (χ1) is 9.56. The van der Waals surface area contributed by atoms with Gasteiger partial charge in [0, 0.05) is 7.05 Å². The van der Waals surface area contributed by atoms with E-state index in [1.165, 1.54) is 7.11 Å². The lowest BCUT2D eigenvalue weighted by molar-refractivity contribution is 0.0268. The third kappa shape index (κ3) is 2.72. The fourth-order valence-corrected chi connectivity index (χ4v) is 2.79. The molecule has 3 N–H and O–H groups in total. The normalized spacial score (nSPS) is 22.4. The van der Waals surface area contributed by atoms with Crippen molar-refractivity contribution in [3.05, 3.63) is 23.8 Å². The van der Waals surface area contributed by atoms with Crippen LogP contribution in [0.2, 0.25) is 0 Å². The summed E-state index contributed by atoms with van der Waals surface area (Å²) in [5.41, 5.74) is 6.73. The number of ether oxygens (including phenoxy) is 1. The van der Waals surface area contributed by atoms with Crippen LogP contribution in [-0.4, -0.2) is 42.2 Å². The fourth-order valence-electron chi connectivity index (χ4n) is 2.79. The van der Waals surface area contributed by atoms with Gasteiger partial charge < -0.3 is 20.5 Å². The predicted molar refractivity (Wildman–Crippen MR) is 77.8 cm³/mol. The van der Waals surface area contributed by atoms with Crippen molar-refractivity contribution < 1.29 is 14.6 Å². The van der Waals surface area contributed by atoms with E-state index >= 15 is 0 Å². The average molecular weight is 278 g/mol. The van der Waals surface area contributed by atoms with E-state index in [1.54, 1.807) is 30.1 Å². The summed E-state index contributed by atoms with van der Waals surface area (Å²) in [5.74, 6) is 0.320. The molecule has 2 rings (SSSR count). The summed E-state index contributed by atoms with van der Waals surface area (Å²) < 4.78 is 5.14. The van der Waals surface area contributed by atoms with E-state index in [1.807, 2.05) is 0 Å². The van der Waals surface area contributed by atoms with Crippen LogP contribution in [0.3, 0.4) is 0 Å². The number of carbonyl (C=O) groups excluding carboxylic acids is 1. The van der Waals surface area contributed by atoms with E-state index < -0.39 is 6.10 Å². The molecule has 0 saturated heterocycles. The number of anilines is 1. The Bertz CT molecular complexity index is 490. The van der Waals surface area contributed by atoms with Gasteiger partial charge in [-0.2, -0.15) is 0 Å². The molecule has 1 amide bonds. The molecular weight excluding hydrogens is 256 g/mol. The SMILES string of the molecule is COc1cccc(C(=O)N(C)C2CCCCC2O)c1N. The van der Waals surface area contributed by atoms with Gasteiger partial charge in [-0.1, -0.05) is 18.9 Å². The lowest BCUT2D eigenvalue weighted by Crippen LogP contribution is -2.46. The molecule has 0 radical (unpaired) electrons. The van der Waals surface area contributed by atoms with Gasteiger partial charge in [-0.15, -0.1) is 0 Å². The second-order valence-corrected chi connectivity index (χ2v) is 5.26. The molecule has 0 aliphatic heterocycles. The van der Waals surface area contributed by atoms with Gasteiger partial charge in [0.1, 0.15) is 5.75 Å². The number of nitrogens with zero attached hydrogens (tertiary/aromatic N) is 1. The number of amides is 1. The van der Waals surface area contributed by atoms with Crippen LogP contribution in [0.5, 0.6) is 5.75 Å². The highest BCUT2D eigenvalue weighted by Gasteiger charge is 2.30. The average Bonchev–Trinajstić information content (AvgIpc) is 2.46. The van der Waals surface area contributed by atoms with Gasteiger partial charge in [-0.3, -0.25) is 4.79 Å². The largest absolute Gasteiger partial charge is 0.495 e. The second-order valence-electron chi connectivity index (χ2n) is 5.26. The Balaban J connectivity index is 2.22. The van der Waals surface area contributed by atoms with Crippen LogP contribution < -0.4 is 10.5 Å². The first-order valence-electron chi connectivity index (χ1n) is 6.94. The number of carbonyl (C=O) groups is 1. The van der Waals surface area contributed by atoms with Crippen molar-refractivity contribution in [1.82, 2.24) is 4.90 Å². The maximum atomic E-state index is 12.6. The molecule has 5 heteroatoms.